The molecule has 7 heteroatoms. The minimum Gasteiger partial charge on any atom is -0.496 e. The molecule has 1 fully saturated rings. The van der Waals surface area contributed by atoms with E-state index in [9.17, 15) is 9.59 Å². The largest absolute Gasteiger partial charge is 0.496 e. The predicted molar refractivity (Wildman–Crippen MR) is 139 cm³/mol. The van der Waals surface area contributed by atoms with Crippen LogP contribution < -0.4 is 20.1 Å². The predicted octanol–water partition coefficient (Wildman–Crippen LogP) is 5.34. The summed E-state index contributed by atoms with van der Waals surface area (Å²) in [4.78, 5) is 23.4. The summed E-state index contributed by atoms with van der Waals surface area (Å²) in [5.41, 5.74) is 6.02. The summed E-state index contributed by atoms with van der Waals surface area (Å²) < 4.78 is 11.7. The Morgan fingerprint density at radius 3 is 2.20 bits per heavy atom. The molecule has 3 N–H and O–H groups in total. The maximum absolute atomic E-state index is 12.6. The summed E-state index contributed by atoms with van der Waals surface area (Å²) in [7, 11) is 3.25. The van der Waals surface area contributed by atoms with Gasteiger partial charge in [0.15, 0.2) is 0 Å². The van der Waals surface area contributed by atoms with Gasteiger partial charge in [0.1, 0.15) is 18.0 Å². The molecule has 0 unspecified atom stereocenters. The van der Waals surface area contributed by atoms with Crippen molar-refractivity contribution < 1.29 is 24.2 Å². The van der Waals surface area contributed by atoms with Crippen LogP contribution in [0.25, 0.3) is 17.2 Å². The lowest BCUT2D eigenvalue weighted by atomic mass is 9.90. The van der Waals surface area contributed by atoms with Crippen molar-refractivity contribution >= 4 is 23.6 Å². The molecule has 0 radical (unpaired) electrons. The molecule has 35 heavy (non-hydrogen) atoms. The summed E-state index contributed by atoms with van der Waals surface area (Å²) in [6, 6.07) is 8.93. The Morgan fingerprint density at radius 1 is 1.03 bits per heavy atom. The Bertz CT molecular complexity index is 1100. The van der Waals surface area contributed by atoms with Crippen molar-refractivity contribution in [1.82, 2.24) is 5.32 Å². The van der Waals surface area contributed by atoms with Gasteiger partial charge in [0.05, 0.1) is 14.2 Å². The quantitative estimate of drug-likeness (QED) is 0.398. The van der Waals surface area contributed by atoms with E-state index in [1.807, 2.05) is 20.8 Å². The molecule has 2 aromatic rings. The van der Waals surface area contributed by atoms with Gasteiger partial charge >= 0.3 is 5.97 Å². The lowest BCUT2D eigenvalue weighted by molar-refractivity contribution is -0.137. The smallest absolute Gasteiger partial charge is 0.322 e. The molecule has 0 spiro atoms. The van der Waals surface area contributed by atoms with Crippen LogP contribution in [0.1, 0.15) is 55.7 Å². The molecule has 1 saturated carbocycles. The highest BCUT2D eigenvalue weighted by molar-refractivity contribution is 6.00. The third kappa shape index (κ3) is 5.96. The lowest BCUT2D eigenvalue weighted by Gasteiger charge is -2.22. The first-order chi connectivity index (χ1) is 16.8. The van der Waals surface area contributed by atoms with E-state index in [2.05, 4.69) is 34.9 Å². The normalized spacial score (nSPS) is 14.0. The van der Waals surface area contributed by atoms with Crippen LogP contribution in [0, 0.1) is 13.8 Å². The Morgan fingerprint density at radius 2 is 1.66 bits per heavy atom. The fourth-order valence-corrected chi connectivity index (χ4v) is 4.82. The van der Waals surface area contributed by atoms with Crippen molar-refractivity contribution in [3.63, 3.8) is 0 Å². The maximum Gasteiger partial charge on any atom is 0.322 e. The number of carboxylic acid groups (broad SMARTS) is 1. The molecule has 0 atom stereocenters. The molecular formula is C28H36N2O5. The number of carbonyl (C=O) groups excluding carboxylic acids is 1. The van der Waals surface area contributed by atoms with Gasteiger partial charge in [0, 0.05) is 39.6 Å². The van der Waals surface area contributed by atoms with E-state index in [0.29, 0.717) is 29.5 Å². The highest BCUT2D eigenvalue weighted by Gasteiger charge is 2.23. The molecule has 1 amide bonds. The number of hydrogen-bond acceptors (Lipinski definition) is 5. The number of anilines is 1. The van der Waals surface area contributed by atoms with E-state index in [4.69, 9.17) is 14.6 Å². The molecule has 2 aromatic carbocycles. The minimum absolute atomic E-state index is 0.414. The molecule has 0 saturated heterocycles. The molecule has 0 aromatic heterocycles. The second kappa shape index (κ2) is 11.8. The molecule has 0 bridgehead atoms. The van der Waals surface area contributed by atoms with Crippen LogP contribution in [0.5, 0.6) is 11.5 Å². The molecule has 0 heterocycles. The molecule has 3 rings (SSSR count). The van der Waals surface area contributed by atoms with Crippen LogP contribution >= 0.6 is 0 Å². The minimum atomic E-state index is -1.09. The van der Waals surface area contributed by atoms with Gasteiger partial charge in [-0.15, -0.1) is 0 Å². The first-order valence-corrected chi connectivity index (χ1v) is 12.1. The number of nitrogens with one attached hydrogen (secondary N) is 2. The van der Waals surface area contributed by atoms with Gasteiger partial charge in [0.25, 0.3) is 0 Å². The standard InChI is InChI=1S/C28H36N2O5/c1-6-19(28(33)29-16-24(31)32)15-23-17(2)27(35-5)25(18(3)26(23)34-4)20-11-13-22(14-12-20)30-21-9-7-8-10-21/h11-15,21,30H,6-10,16H2,1-5H3,(H,29,33)(H,31,32). The Balaban J connectivity index is 2.03. The van der Waals surface area contributed by atoms with E-state index in [-0.39, 0.29) is 0 Å². The van der Waals surface area contributed by atoms with Crippen LogP contribution in [0.4, 0.5) is 5.69 Å². The number of ether oxygens (including phenoxy) is 2. The van der Waals surface area contributed by atoms with Gasteiger partial charge in [-0.1, -0.05) is 31.9 Å². The number of carbonyl (C=O) groups is 2. The van der Waals surface area contributed by atoms with Gasteiger partial charge in [-0.2, -0.15) is 0 Å². The highest BCUT2D eigenvalue weighted by Crippen LogP contribution is 2.45. The van der Waals surface area contributed by atoms with Crippen molar-refractivity contribution in [2.75, 3.05) is 26.1 Å². The van der Waals surface area contributed by atoms with E-state index in [1.54, 1.807) is 20.3 Å². The van der Waals surface area contributed by atoms with Crippen molar-refractivity contribution in [3.05, 3.63) is 46.5 Å². The number of aliphatic carboxylic acids is 1. The number of methoxy groups -OCH3 is 2. The van der Waals surface area contributed by atoms with Crippen molar-refractivity contribution in [3.8, 4) is 22.6 Å². The fourth-order valence-electron chi connectivity index (χ4n) is 4.82. The summed E-state index contributed by atoms with van der Waals surface area (Å²) in [6.07, 6.45) is 7.20. The number of hydrogen-bond donors (Lipinski definition) is 3. The van der Waals surface area contributed by atoms with Crippen molar-refractivity contribution in [2.45, 2.75) is 58.9 Å². The molecule has 1 aliphatic rings. The van der Waals surface area contributed by atoms with Crippen LogP contribution in [-0.4, -0.2) is 43.8 Å². The molecule has 188 valence electrons. The van der Waals surface area contributed by atoms with Gasteiger partial charge in [-0.25, -0.2) is 0 Å². The second-order valence-electron chi connectivity index (χ2n) is 8.91. The van der Waals surface area contributed by atoms with E-state index in [1.165, 1.54) is 25.7 Å². The Kier molecular flexibility index (Phi) is 8.79. The number of rotatable bonds is 10. The SMILES string of the molecule is CCC(=Cc1c(C)c(OC)c(-c2ccc(NC3CCCC3)cc2)c(C)c1OC)C(=O)NCC(=O)O. The monoisotopic (exact) mass is 480 g/mol. The van der Waals surface area contributed by atoms with Gasteiger partial charge in [0.2, 0.25) is 5.91 Å². The fraction of sp³-hybridized carbons (Fsp3) is 0.429. The summed E-state index contributed by atoms with van der Waals surface area (Å²) in [5, 5.41) is 14.9. The molecule has 7 nitrogen and oxygen atoms in total. The topological polar surface area (TPSA) is 96.9 Å². The first-order valence-electron chi connectivity index (χ1n) is 12.1. The second-order valence-corrected chi connectivity index (χ2v) is 8.91. The van der Waals surface area contributed by atoms with Gasteiger partial charge in [-0.3, -0.25) is 9.59 Å². The maximum atomic E-state index is 12.6. The average molecular weight is 481 g/mol. The first kappa shape index (κ1) is 26.1. The van der Waals surface area contributed by atoms with Crippen molar-refractivity contribution in [1.29, 1.82) is 0 Å². The van der Waals surface area contributed by atoms with Crippen LogP contribution in [0.15, 0.2) is 29.8 Å². The number of carboxylic acids is 1. The summed E-state index contributed by atoms with van der Waals surface area (Å²) in [6.45, 7) is 5.34. The van der Waals surface area contributed by atoms with E-state index >= 15 is 0 Å². The summed E-state index contributed by atoms with van der Waals surface area (Å²) >= 11 is 0. The third-order valence-electron chi connectivity index (χ3n) is 6.63. The van der Waals surface area contributed by atoms with Crippen molar-refractivity contribution in [2.24, 2.45) is 0 Å². The van der Waals surface area contributed by atoms with Crippen LogP contribution in [0.2, 0.25) is 0 Å². The Hall–Kier alpha value is -3.48. The highest BCUT2D eigenvalue weighted by atomic mass is 16.5. The molecule has 1 aliphatic carbocycles. The van der Waals surface area contributed by atoms with Crippen LogP contribution in [0.3, 0.4) is 0 Å². The van der Waals surface area contributed by atoms with E-state index in [0.717, 1.165) is 33.5 Å². The molecular weight excluding hydrogens is 444 g/mol. The summed E-state index contributed by atoms with van der Waals surface area (Å²) in [5.74, 6) is -0.132. The zero-order valence-corrected chi connectivity index (χ0v) is 21.3. The van der Waals surface area contributed by atoms with Crippen LogP contribution in [-0.2, 0) is 9.59 Å². The average Bonchev–Trinajstić information content (AvgIpc) is 3.36. The zero-order valence-electron chi connectivity index (χ0n) is 21.3. The van der Waals surface area contributed by atoms with Gasteiger partial charge in [-0.05, 0) is 56.9 Å². The zero-order chi connectivity index (χ0) is 25.5. The Labute approximate surface area is 207 Å². The number of benzene rings is 2. The van der Waals surface area contributed by atoms with E-state index < -0.39 is 18.4 Å². The lowest BCUT2D eigenvalue weighted by Crippen LogP contribution is -2.30. The molecule has 0 aliphatic heterocycles. The number of amides is 1. The third-order valence-corrected chi connectivity index (χ3v) is 6.63. The van der Waals surface area contributed by atoms with Gasteiger partial charge < -0.3 is 25.2 Å².